The Kier molecular flexibility index (Phi) is 4.44. The lowest BCUT2D eigenvalue weighted by atomic mass is 10.1. The molecule has 0 spiro atoms. The summed E-state index contributed by atoms with van der Waals surface area (Å²) in [4.78, 5) is 12.5. The maximum Gasteiger partial charge on any atom is 0.308 e. The number of carboxylic acid groups (broad SMARTS) is 1. The standard InChI is InChI=1S/C11H13Cl2NO2/c1-7(11(15)16)6-14(2)10-4-3-8(12)5-9(10)13/h3-5,7H,6H2,1-2H3,(H,15,16). The van der Waals surface area contributed by atoms with E-state index in [1.165, 1.54) is 0 Å². The maximum atomic E-state index is 10.7. The van der Waals surface area contributed by atoms with Gasteiger partial charge in [0.1, 0.15) is 0 Å². The molecule has 0 saturated carbocycles. The second-order valence-corrected chi connectivity index (χ2v) is 4.56. The Balaban J connectivity index is 2.80. The van der Waals surface area contributed by atoms with Crippen LogP contribution in [0.25, 0.3) is 0 Å². The van der Waals surface area contributed by atoms with Gasteiger partial charge in [-0.3, -0.25) is 4.79 Å². The van der Waals surface area contributed by atoms with E-state index in [-0.39, 0.29) is 0 Å². The predicted octanol–water partition coefficient (Wildman–Crippen LogP) is 3.15. The molecule has 1 rings (SSSR count). The summed E-state index contributed by atoms with van der Waals surface area (Å²) in [6, 6.07) is 5.14. The molecule has 3 nitrogen and oxygen atoms in total. The predicted molar refractivity (Wildman–Crippen MR) is 66.5 cm³/mol. The van der Waals surface area contributed by atoms with Crippen LogP contribution in [0.15, 0.2) is 18.2 Å². The Labute approximate surface area is 105 Å². The third-order valence-corrected chi connectivity index (χ3v) is 2.83. The summed E-state index contributed by atoms with van der Waals surface area (Å²) in [5.74, 6) is -1.27. The van der Waals surface area contributed by atoms with Crippen LogP contribution in [0.5, 0.6) is 0 Å². The van der Waals surface area contributed by atoms with Crippen molar-refractivity contribution in [2.75, 3.05) is 18.5 Å². The van der Waals surface area contributed by atoms with Gasteiger partial charge in [-0.15, -0.1) is 0 Å². The van der Waals surface area contributed by atoms with E-state index in [0.717, 1.165) is 5.69 Å². The first-order valence-electron chi connectivity index (χ1n) is 4.81. The van der Waals surface area contributed by atoms with Gasteiger partial charge in [0.15, 0.2) is 0 Å². The Morgan fingerprint density at radius 3 is 2.62 bits per heavy atom. The van der Waals surface area contributed by atoms with Gasteiger partial charge in [-0.05, 0) is 18.2 Å². The SMILES string of the molecule is CC(CN(C)c1ccc(Cl)cc1Cl)C(=O)O. The van der Waals surface area contributed by atoms with Gasteiger partial charge in [-0.2, -0.15) is 0 Å². The topological polar surface area (TPSA) is 40.5 Å². The highest BCUT2D eigenvalue weighted by atomic mass is 35.5. The van der Waals surface area contributed by atoms with E-state index < -0.39 is 11.9 Å². The molecule has 0 aliphatic rings. The zero-order chi connectivity index (χ0) is 12.3. The molecule has 0 aliphatic carbocycles. The minimum absolute atomic E-state index is 0.399. The van der Waals surface area contributed by atoms with Crippen LogP contribution in [0, 0.1) is 5.92 Å². The van der Waals surface area contributed by atoms with Gasteiger partial charge in [0.2, 0.25) is 0 Å². The monoisotopic (exact) mass is 261 g/mol. The fourth-order valence-electron chi connectivity index (χ4n) is 1.38. The van der Waals surface area contributed by atoms with Gasteiger partial charge in [0.25, 0.3) is 0 Å². The number of hydrogen-bond donors (Lipinski definition) is 1. The fraction of sp³-hybridized carbons (Fsp3) is 0.364. The van der Waals surface area contributed by atoms with Crippen molar-refractivity contribution in [3.63, 3.8) is 0 Å². The zero-order valence-corrected chi connectivity index (χ0v) is 10.6. The van der Waals surface area contributed by atoms with E-state index in [2.05, 4.69) is 0 Å². The zero-order valence-electron chi connectivity index (χ0n) is 9.08. The van der Waals surface area contributed by atoms with E-state index in [4.69, 9.17) is 28.3 Å². The average Bonchev–Trinajstić information content (AvgIpc) is 2.16. The molecule has 5 heteroatoms. The quantitative estimate of drug-likeness (QED) is 0.906. The van der Waals surface area contributed by atoms with Crippen LogP contribution < -0.4 is 4.90 Å². The molecule has 0 aromatic heterocycles. The summed E-state index contributed by atoms with van der Waals surface area (Å²) in [6.07, 6.45) is 0. The third kappa shape index (κ3) is 3.29. The third-order valence-electron chi connectivity index (χ3n) is 2.29. The number of anilines is 1. The molecule has 0 heterocycles. The first-order chi connectivity index (χ1) is 7.41. The van der Waals surface area contributed by atoms with Crippen molar-refractivity contribution in [2.24, 2.45) is 5.92 Å². The minimum Gasteiger partial charge on any atom is -0.481 e. The Bertz CT molecular complexity index is 396. The molecule has 16 heavy (non-hydrogen) atoms. The summed E-state index contributed by atoms with van der Waals surface area (Å²) in [5.41, 5.74) is 0.777. The van der Waals surface area contributed by atoms with E-state index in [0.29, 0.717) is 16.6 Å². The lowest BCUT2D eigenvalue weighted by Gasteiger charge is -2.22. The maximum absolute atomic E-state index is 10.7. The van der Waals surface area contributed by atoms with Crippen LogP contribution in [-0.2, 0) is 4.79 Å². The summed E-state index contributed by atoms with van der Waals surface area (Å²) in [7, 11) is 1.80. The Morgan fingerprint density at radius 2 is 2.12 bits per heavy atom. The first-order valence-corrected chi connectivity index (χ1v) is 5.56. The van der Waals surface area contributed by atoms with Crippen LogP contribution in [0.2, 0.25) is 10.0 Å². The van der Waals surface area contributed by atoms with Crippen LogP contribution >= 0.6 is 23.2 Å². The fourth-order valence-corrected chi connectivity index (χ4v) is 1.93. The van der Waals surface area contributed by atoms with Gasteiger partial charge in [0.05, 0.1) is 16.6 Å². The van der Waals surface area contributed by atoms with E-state index in [9.17, 15) is 4.79 Å². The Hall–Kier alpha value is -0.930. The molecule has 1 aromatic carbocycles. The Morgan fingerprint density at radius 1 is 1.50 bits per heavy atom. The highest BCUT2D eigenvalue weighted by molar-refractivity contribution is 6.36. The van der Waals surface area contributed by atoms with E-state index >= 15 is 0 Å². The number of halogens is 2. The number of hydrogen-bond acceptors (Lipinski definition) is 2. The minimum atomic E-state index is -0.822. The first kappa shape index (κ1) is 13.1. The second kappa shape index (κ2) is 5.41. The molecular formula is C11H13Cl2NO2. The molecule has 0 saturated heterocycles. The molecule has 1 unspecified atom stereocenters. The molecule has 0 aliphatic heterocycles. The van der Waals surface area contributed by atoms with E-state index in [1.807, 2.05) is 0 Å². The molecule has 1 atom stereocenters. The van der Waals surface area contributed by atoms with Gasteiger partial charge in [-0.1, -0.05) is 30.1 Å². The summed E-state index contributed by atoms with van der Waals surface area (Å²) in [6.45, 7) is 2.05. The van der Waals surface area contributed by atoms with Crippen molar-refractivity contribution < 1.29 is 9.90 Å². The molecule has 0 fully saturated rings. The van der Waals surface area contributed by atoms with Crippen LogP contribution in [0.3, 0.4) is 0 Å². The lowest BCUT2D eigenvalue weighted by Crippen LogP contribution is -2.28. The highest BCUT2D eigenvalue weighted by Crippen LogP contribution is 2.28. The van der Waals surface area contributed by atoms with Gasteiger partial charge >= 0.3 is 5.97 Å². The molecular weight excluding hydrogens is 249 g/mol. The van der Waals surface area contributed by atoms with Crippen molar-refractivity contribution in [1.29, 1.82) is 0 Å². The van der Waals surface area contributed by atoms with E-state index in [1.54, 1.807) is 37.1 Å². The molecule has 0 bridgehead atoms. The van der Waals surface area contributed by atoms with Gasteiger partial charge in [0, 0.05) is 18.6 Å². The molecule has 88 valence electrons. The van der Waals surface area contributed by atoms with Crippen molar-refractivity contribution in [3.05, 3.63) is 28.2 Å². The molecule has 0 radical (unpaired) electrons. The largest absolute Gasteiger partial charge is 0.481 e. The number of aliphatic carboxylic acids is 1. The van der Waals surface area contributed by atoms with Crippen molar-refractivity contribution in [1.82, 2.24) is 0 Å². The summed E-state index contributed by atoms with van der Waals surface area (Å²) >= 11 is 11.8. The number of carbonyl (C=O) groups is 1. The summed E-state index contributed by atoms with van der Waals surface area (Å²) < 4.78 is 0. The van der Waals surface area contributed by atoms with Crippen LogP contribution in [-0.4, -0.2) is 24.7 Å². The number of benzene rings is 1. The normalized spacial score (nSPS) is 12.2. The number of nitrogens with zero attached hydrogens (tertiary/aromatic N) is 1. The summed E-state index contributed by atoms with van der Waals surface area (Å²) in [5, 5.41) is 9.89. The smallest absolute Gasteiger partial charge is 0.308 e. The number of carboxylic acids is 1. The van der Waals surface area contributed by atoms with Crippen molar-refractivity contribution in [3.8, 4) is 0 Å². The van der Waals surface area contributed by atoms with Crippen molar-refractivity contribution in [2.45, 2.75) is 6.92 Å². The van der Waals surface area contributed by atoms with Crippen LogP contribution in [0.4, 0.5) is 5.69 Å². The average molecular weight is 262 g/mol. The number of rotatable bonds is 4. The highest BCUT2D eigenvalue weighted by Gasteiger charge is 2.15. The molecule has 1 N–H and O–H groups in total. The second-order valence-electron chi connectivity index (χ2n) is 3.72. The lowest BCUT2D eigenvalue weighted by molar-refractivity contribution is -0.140. The molecule has 1 aromatic rings. The van der Waals surface area contributed by atoms with Gasteiger partial charge < -0.3 is 10.0 Å². The van der Waals surface area contributed by atoms with Crippen molar-refractivity contribution >= 4 is 34.9 Å². The molecule has 0 amide bonds. The van der Waals surface area contributed by atoms with Crippen LogP contribution in [0.1, 0.15) is 6.92 Å². The van der Waals surface area contributed by atoms with Gasteiger partial charge in [-0.25, -0.2) is 0 Å².